The fourth-order valence-corrected chi connectivity index (χ4v) is 3.46. The molecule has 0 bridgehead atoms. The van der Waals surface area contributed by atoms with Gasteiger partial charge >= 0.3 is 5.97 Å². The van der Waals surface area contributed by atoms with Crippen LogP contribution in [0.4, 0.5) is 17.5 Å². The molecule has 0 unspecified atom stereocenters. The van der Waals surface area contributed by atoms with Crippen molar-refractivity contribution < 1.29 is 15.0 Å². The highest BCUT2D eigenvalue weighted by Gasteiger charge is 2.21. The Kier molecular flexibility index (Phi) is 8.74. The Morgan fingerprint density at radius 3 is 2.42 bits per heavy atom. The minimum Gasteiger partial charge on any atom is -0.507 e. The van der Waals surface area contributed by atoms with E-state index in [1.807, 2.05) is 12.1 Å². The van der Waals surface area contributed by atoms with Crippen molar-refractivity contribution in [2.24, 2.45) is 0 Å². The summed E-state index contributed by atoms with van der Waals surface area (Å²) in [6.45, 7) is 1.42. The molecule has 0 aliphatic carbocycles. The van der Waals surface area contributed by atoms with Crippen LogP contribution in [0.2, 0.25) is 0 Å². The first-order valence-corrected chi connectivity index (χ1v) is 8.74. The number of nitrogen functional groups attached to an aromatic ring is 2. The van der Waals surface area contributed by atoms with Gasteiger partial charge in [0, 0.05) is 30.5 Å². The number of carboxylic acids is 1. The lowest BCUT2D eigenvalue weighted by Crippen LogP contribution is -2.21. The third-order valence-corrected chi connectivity index (χ3v) is 4.91. The maximum Gasteiger partial charge on any atom is 0.339 e. The SMILES string of the molecule is Cl.Cl.Cl.Nc1ncc(CN2CCc3cc(-c4ccc(O)c(C(=O)O)c4)ccc32)c(N)n1. The number of rotatable bonds is 4. The molecule has 1 aliphatic heterocycles. The van der Waals surface area contributed by atoms with E-state index in [9.17, 15) is 15.0 Å². The van der Waals surface area contributed by atoms with Crippen molar-refractivity contribution in [2.75, 3.05) is 22.9 Å². The molecule has 0 saturated carbocycles. The van der Waals surface area contributed by atoms with Crippen LogP contribution in [0, 0.1) is 0 Å². The quantitative estimate of drug-likeness (QED) is 0.439. The summed E-state index contributed by atoms with van der Waals surface area (Å²) in [6, 6.07) is 10.6. The minimum absolute atomic E-state index is 0. The molecule has 0 amide bonds. The van der Waals surface area contributed by atoms with Gasteiger partial charge < -0.3 is 26.6 Å². The molecule has 166 valence electrons. The number of hydrogen-bond acceptors (Lipinski definition) is 7. The third-order valence-electron chi connectivity index (χ3n) is 4.91. The molecule has 0 saturated heterocycles. The van der Waals surface area contributed by atoms with Crippen molar-refractivity contribution in [3.05, 3.63) is 59.3 Å². The van der Waals surface area contributed by atoms with Gasteiger partial charge in [-0.15, -0.1) is 37.2 Å². The summed E-state index contributed by atoms with van der Waals surface area (Å²) < 4.78 is 0. The van der Waals surface area contributed by atoms with Gasteiger partial charge in [0.2, 0.25) is 5.95 Å². The second-order valence-electron chi connectivity index (χ2n) is 6.69. The van der Waals surface area contributed by atoms with Crippen LogP contribution in [0.5, 0.6) is 5.75 Å². The number of aromatic carboxylic acids is 1. The van der Waals surface area contributed by atoms with Crippen LogP contribution < -0.4 is 16.4 Å². The van der Waals surface area contributed by atoms with Crippen LogP contribution in [0.25, 0.3) is 11.1 Å². The van der Waals surface area contributed by atoms with E-state index in [0.717, 1.165) is 40.9 Å². The van der Waals surface area contributed by atoms with Gasteiger partial charge in [-0.25, -0.2) is 9.78 Å². The zero-order chi connectivity index (χ0) is 19.8. The van der Waals surface area contributed by atoms with E-state index in [1.165, 1.54) is 12.1 Å². The molecule has 2 heterocycles. The van der Waals surface area contributed by atoms with E-state index >= 15 is 0 Å². The average molecular weight is 487 g/mol. The molecular weight excluding hydrogens is 465 g/mol. The van der Waals surface area contributed by atoms with Crippen molar-refractivity contribution in [1.82, 2.24) is 9.97 Å². The predicted octanol–water partition coefficient (Wildman–Crippen LogP) is 3.54. The van der Waals surface area contributed by atoms with Gasteiger partial charge in [-0.2, -0.15) is 4.98 Å². The van der Waals surface area contributed by atoms with Gasteiger partial charge in [0.1, 0.15) is 17.1 Å². The normalized spacial score (nSPS) is 11.5. The molecule has 0 spiro atoms. The van der Waals surface area contributed by atoms with Crippen molar-refractivity contribution in [3.8, 4) is 16.9 Å². The van der Waals surface area contributed by atoms with Crippen molar-refractivity contribution >= 4 is 60.6 Å². The summed E-state index contributed by atoms with van der Waals surface area (Å²) in [4.78, 5) is 21.5. The van der Waals surface area contributed by atoms with Gasteiger partial charge in [0.15, 0.2) is 0 Å². The van der Waals surface area contributed by atoms with Gasteiger partial charge in [0.05, 0.1) is 0 Å². The fraction of sp³-hybridized carbons (Fsp3) is 0.150. The minimum atomic E-state index is -1.16. The molecule has 0 atom stereocenters. The summed E-state index contributed by atoms with van der Waals surface area (Å²) in [5.74, 6) is -0.868. The summed E-state index contributed by atoms with van der Waals surface area (Å²) in [5.41, 5.74) is 16.1. The van der Waals surface area contributed by atoms with Gasteiger partial charge in [-0.05, 0) is 47.4 Å². The van der Waals surface area contributed by atoms with E-state index < -0.39 is 5.97 Å². The number of benzene rings is 2. The smallest absolute Gasteiger partial charge is 0.339 e. The maximum atomic E-state index is 11.3. The highest BCUT2D eigenvalue weighted by Crippen LogP contribution is 2.34. The lowest BCUT2D eigenvalue weighted by molar-refractivity contribution is 0.0694. The number of hydrogen-bond donors (Lipinski definition) is 4. The zero-order valence-electron chi connectivity index (χ0n) is 16.2. The summed E-state index contributed by atoms with van der Waals surface area (Å²) in [5, 5.41) is 18.9. The van der Waals surface area contributed by atoms with Crippen LogP contribution >= 0.6 is 37.2 Å². The first-order chi connectivity index (χ1) is 13.4. The highest BCUT2D eigenvalue weighted by atomic mass is 35.5. The molecule has 8 nitrogen and oxygen atoms in total. The number of nitrogens with two attached hydrogens (primary N) is 2. The maximum absolute atomic E-state index is 11.3. The monoisotopic (exact) mass is 485 g/mol. The average Bonchev–Trinajstić information content (AvgIpc) is 3.06. The number of halogens is 3. The fourth-order valence-electron chi connectivity index (χ4n) is 3.46. The number of nitrogens with zero attached hydrogens (tertiary/aromatic N) is 3. The van der Waals surface area contributed by atoms with Gasteiger partial charge in [0.25, 0.3) is 0 Å². The standard InChI is InChI=1S/C20H19N5O3.3ClH/c21-18-14(9-23-20(22)24-18)10-25-6-5-13-7-11(1-3-16(13)25)12-2-4-17(26)15(8-12)19(27)28;;;/h1-4,7-9,26H,5-6,10H2,(H,27,28)(H4,21,22,23,24);3*1H. The summed E-state index contributed by atoms with van der Waals surface area (Å²) >= 11 is 0. The second-order valence-corrected chi connectivity index (χ2v) is 6.69. The Hall–Kier alpha value is -2.94. The van der Waals surface area contributed by atoms with Crippen molar-refractivity contribution in [1.29, 1.82) is 0 Å². The number of aromatic nitrogens is 2. The number of aromatic hydroxyl groups is 1. The Morgan fingerprint density at radius 2 is 1.74 bits per heavy atom. The number of fused-ring (bicyclic) bond motifs is 1. The first-order valence-electron chi connectivity index (χ1n) is 8.74. The van der Waals surface area contributed by atoms with Gasteiger partial charge in [-0.1, -0.05) is 12.1 Å². The largest absolute Gasteiger partial charge is 0.507 e. The molecule has 2 aromatic carbocycles. The molecule has 0 radical (unpaired) electrons. The molecule has 0 fully saturated rings. The van der Waals surface area contributed by atoms with Crippen LogP contribution in [-0.2, 0) is 13.0 Å². The number of carbonyl (C=O) groups is 1. The zero-order valence-corrected chi connectivity index (χ0v) is 18.6. The topological polar surface area (TPSA) is 139 Å². The molecule has 4 rings (SSSR count). The van der Waals surface area contributed by atoms with Crippen molar-refractivity contribution in [3.63, 3.8) is 0 Å². The molecule has 3 aromatic rings. The molecule has 6 N–H and O–H groups in total. The van der Waals surface area contributed by atoms with Crippen LogP contribution in [0.1, 0.15) is 21.5 Å². The third kappa shape index (κ3) is 5.22. The van der Waals surface area contributed by atoms with Crippen molar-refractivity contribution in [2.45, 2.75) is 13.0 Å². The van der Waals surface area contributed by atoms with E-state index in [4.69, 9.17) is 11.5 Å². The van der Waals surface area contributed by atoms with E-state index in [2.05, 4.69) is 20.9 Å². The summed E-state index contributed by atoms with van der Waals surface area (Å²) in [7, 11) is 0. The molecule has 1 aromatic heterocycles. The lowest BCUT2D eigenvalue weighted by atomic mass is 9.99. The van der Waals surface area contributed by atoms with Gasteiger partial charge in [-0.3, -0.25) is 0 Å². The lowest BCUT2D eigenvalue weighted by Gasteiger charge is -2.20. The second kappa shape index (κ2) is 10.4. The number of anilines is 3. The number of carboxylic acid groups (broad SMARTS) is 1. The Bertz CT molecular complexity index is 1100. The molecular formula is C20H22Cl3N5O3. The van der Waals surface area contributed by atoms with E-state index in [-0.39, 0.29) is 54.5 Å². The first kappa shape index (κ1) is 26.1. The predicted molar refractivity (Wildman–Crippen MR) is 128 cm³/mol. The molecule has 11 heteroatoms. The molecule has 1 aliphatic rings. The Labute approximate surface area is 197 Å². The highest BCUT2D eigenvalue weighted by molar-refractivity contribution is 5.92. The number of phenols is 1. The van der Waals surface area contributed by atoms with Crippen LogP contribution in [-0.4, -0.2) is 32.7 Å². The summed E-state index contributed by atoms with van der Waals surface area (Å²) in [6.07, 6.45) is 2.51. The Morgan fingerprint density at radius 1 is 1.06 bits per heavy atom. The molecule has 31 heavy (non-hydrogen) atoms. The van der Waals surface area contributed by atoms with E-state index in [1.54, 1.807) is 12.3 Å². The van der Waals surface area contributed by atoms with E-state index in [0.29, 0.717) is 12.4 Å². The van der Waals surface area contributed by atoms with Crippen LogP contribution in [0.3, 0.4) is 0 Å². The van der Waals surface area contributed by atoms with Crippen LogP contribution in [0.15, 0.2) is 42.6 Å². The Balaban J connectivity index is 0.00000160.